The number of hydrogen-bond donors (Lipinski definition) is 0. The lowest BCUT2D eigenvalue weighted by Crippen LogP contribution is -2.46. The summed E-state index contributed by atoms with van der Waals surface area (Å²) in [5.74, 6) is 0. The Labute approximate surface area is 87.4 Å². The third-order valence-corrected chi connectivity index (χ3v) is 4.95. The molecule has 0 aromatic heterocycles. The van der Waals surface area contributed by atoms with Crippen LogP contribution >= 0.6 is 31.9 Å². The summed E-state index contributed by atoms with van der Waals surface area (Å²) in [5.41, 5.74) is 0.208. The van der Waals surface area contributed by atoms with E-state index < -0.39 is 0 Å². The SMILES string of the molecule is CC(C)(Br)C(C)(C)C(C)(C)Br. The van der Waals surface area contributed by atoms with Crippen LogP contribution in [0.1, 0.15) is 41.5 Å². The molecule has 0 radical (unpaired) electrons. The fourth-order valence-electron chi connectivity index (χ4n) is 0.707. The molecule has 0 N–H and O–H groups in total. The number of halogens is 2. The topological polar surface area (TPSA) is 0 Å². The molecular formula is C9H18Br2. The maximum atomic E-state index is 3.71. The Morgan fingerprint density at radius 2 is 0.818 bits per heavy atom. The lowest BCUT2D eigenvalue weighted by atomic mass is 9.72. The van der Waals surface area contributed by atoms with Gasteiger partial charge in [0.2, 0.25) is 0 Å². The fraction of sp³-hybridized carbons (Fsp3) is 1.00. The minimum atomic E-state index is 0.146. The summed E-state index contributed by atoms with van der Waals surface area (Å²) in [6, 6.07) is 0. The molecule has 0 aliphatic heterocycles. The van der Waals surface area contributed by atoms with Gasteiger partial charge in [-0.25, -0.2) is 0 Å². The van der Waals surface area contributed by atoms with Crippen molar-refractivity contribution in [3.63, 3.8) is 0 Å². The molecule has 0 unspecified atom stereocenters. The predicted molar refractivity (Wildman–Crippen MR) is 59.8 cm³/mol. The Morgan fingerprint density at radius 3 is 0.818 bits per heavy atom. The Hall–Kier alpha value is 0.960. The summed E-state index contributed by atoms with van der Waals surface area (Å²) in [6.45, 7) is 13.3. The van der Waals surface area contributed by atoms with E-state index in [2.05, 4.69) is 73.4 Å². The highest BCUT2D eigenvalue weighted by Gasteiger charge is 2.45. The molecule has 0 amide bonds. The third-order valence-electron chi connectivity index (χ3n) is 2.97. The zero-order valence-corrected chi connectivity index (χ0v) is 11.4. The van der Waals surface area contributed by atoms with Gasteiger partial charge in [-0.2, -0.15) is 0 Å². The zero-order chi connectivity index (χ0) is 9.50. The molecule has 68 valence electrons. The van der Waals surface area contributed by atoms with E-state index >= 15 is 0 Å². The van der Waals surface area contributed by atoms with Crippen molar-refractivity contribution in [1.82, 2.24) is 0 Å². The van der Waals surface area contributed by atoms with Crippen LogP contribution in [0.25, 0.3) is 0 Å². The van der Waals surface area contributed by atoms with Crippen molar-refractivity contribution in [2.75, 3.05) is 0 Å². The highest BCUT2D eigenvalue weighted by molar-refractivity contribution is 9.10. The molecule has 0 aliphatic rings. The van der Waals surface area contributed by atoms with E-state index in [1.54, 1.807) is 0 Å². The molecule has 0 bridgehead atoms. The van der Waals surface area contributed by atoms with Gasteiger partial charge in [0.15, 0.2) is 0 Å². The molecule has 0 nitrogen and oxygen atoms in total. The van der Waals surface area contributed by atoms with Crippen LogP contribution in [0.15, 0.2) is 0 Å². The van der Waals surface area contributed by atoms with Gasteiger partial charge >= 0.3 is 0 Å². The standard InChI is InChI=1S/C9H18Br2/c1-7(2,8(3,4)10)9(5,6)11/h1-6H3. The smallest absolute Gasteiger partial charge is 0.0265 e. The van der Waals surface area contributed by atoms with Gasteiger partial charge in [-0.15, -0.1) is 0 Å². The van der Waals surface area contributed by atoms with E-state index in [0.717, 1.165) is 0 Å². The normalized spacial score (nSPS) is 15.3. The highest BCUT2D eigenvalue weighted by atomic mass is 79.9. The number of hydrogen-bond acceptors (Lipinski definition) is 0. The maximum Gasteiger partial charge on any atom is 0.0265 e. The van der Waals surface area contributed by atoms with Crippen molar-refractivity contribution in [3.05, 3.63) is 0 Å². The number of alkyl halides is 2. The molecule has 0 heterocycles. The predicted octanol–water partition coefficient (Wildman–Crippen LogP) is 4.36. The van der Waals surface area contributed by atoms with Crippen LogP contribution in [0.5, 0.6) is 0 Å². The average molecular weight is 286 g/mol. The van der Waals surface area contributed by atoms with Gasteiger partial charge in [-0.1, -0.05) is 45.7 Å². The van der Waals surface area contributed by atoms with Crippen molar-refractivity contribution >= 4 is 31.9 Å². The Kier molecular flexibility index (Phi) is 3.29. The monoisotopic (exact) mass is 284 g/mol. The van der Waals surface area contributed by atoms with Crippen LogP contribution in [-0.2, 0) is 0 Å². The first-order chi connectivity index (χ1) is 4.50. The first-order valence-electron chi connectivity index (χ1n) is 3.88. The van der Waals surface area contributed by atoms with Crippen LogP contribution in [0.4, 0.5) is 0 Å². The third kappa shape index (κ3) is 2.45. The van der Waals surface area contributed by atoms with Crippen LogP contribution in [0.3, 0.4) is 0 Å². The molecule has 0 aliphatic carbocycles. The van der Waals surface area contributed by atoms with Crippen LogP contribution < -0.4 is 0 Å². The lowest BCUT2D eigenvalue weighted by Gasteiger charge is -2.46. The van der Waals surface area contributed by atoms with Crippen molar-refractivity contribution < 1.29 is 0 Å². The molecule has 0 atom stereocenters. The van der Waals surface area contributed by atoms with Gasteiger partial charge in [-0.3, -0.25) is 0 Å². The van der Waals surface area contributed by atoms with Crippen molar-refractivity contribution in [1.29, 1.82) is 0 Å². The minimum absolute atomic E-state index is 0.146. The second-order valence-corrected chi connectivity index (χ2v) is 8.53. The first kappa shape index (κ1) is 12.0. The molecule has 0 rings (SSSR count). The summed E-state index contributed by atoms with van der Waals surface area (Å²) >= 11 is 7.41. The molecular weight excluding hydrogens is 268 g/mol. The molecule has 0 fully saturated rings. The van der Waals surface area contributed by atoms with Gasteiger partial charge in [0.25, 0.3) is 0 Å². The van der Waals surface area contributed by atoms with E-state index in [-0.39, 0.29) is 14.1 Å². The van der Waals surface area contributed by atoms with E-state index in [9.17, 15) is 0 Å². The van der Waals surface area contributed by atoms with Crippen molar-refractivity contribution in [2.24, 2.45) is 5.41 Å². The lowest BCUT2D eigenvalue weighted by molar-refractivity contribution is 0.230. The fourth-order valence-corrected chi connectivity index (χ4v) is 1.96. The van der Waals surface area contributed by atoms with Crippen LogP contribution in [0.2, 0.25) is 0 Å². The Morgan fingerprint density at radius 1 is 0.636 bits per heavy atom. The molecule has 0 saturated carbocycles. The summed E-state index contributed by atoms with van der Waals surface area (Å²) in [6.07, 6.45) is 0. The van der Waals surface area contributed by atoms with Crippen LogP contribution in [0, 0.1) is 5.41 Å². The molecule has 2 heteroatoms. The molecule has 0 aromatic carbocycles. The maximum absolute atomic E-state index is 3.71. The Balaban J connectivity index is 4.75. The van der Waals surface area contributed by atoms with E-state index in [1.807, 2.05) is 0 Å². The molecule has 11 heavy (non-hydrogen) atoms. The molecule has 0 aromatic rings. The molecule has 0 spiro atoms. The van der Waals surface area contributed by atoms with Gasteiger partial charge in [0.05, 0.1) is 0 Å². The van der Waals surface area contributed by atoms with Gasteiger partial charge in [-0.05, 0) is 33.1 Å². The highest BCUT2D eigenvalue weighted by Crippen LogP contribution is 2.49. The first-order valence-corrected chi connectivity index (χ1v) is 5.46. The van der Waals surface area contributed by atoms with E-state index in [0.29, 0.717) is 0 Å². The minimum Gasteiger partial charge on any atom is -0.0853 e. The summed E-state index contributed by atoms with van der Waals surface area (Å²) in [4.78, 5) is 0. The summed E-state index contributed by atoms with van der Waals surface area (Å²) in [5, 5.41) is 0. The average Bonchev–Trinajstić information content (AvgIpc) is 1.58. The largest absolute Gasteiger partial charge is 0.0853 e. The van der Waals surface area contributed by atoms with Crippen molar-refractivity contribution in [3.8, 4) is 0 Å². The quantitative estimate of drug-likeness (QED) is 0.662. The van der Waals surface area contributed by atoms with Crippen LogP contribution in [-0.4, -0.2) is 8.65 Å². The summed E-state index contributed by atoms with van der Waals surface area (Å²) < 4.78 is 0.292. The van der Waals surface area contributed by atoms with Gasteiger partial charge in [0.1, 0.15) is 0 Å². The van der Waals surface area contributed by atoms with Gasteiger partial charge < -0.3 is 0 Å². The second kappa shape index (κ2) is 3.02. The van der Waals surface area contributed by atoms with Crippen molar-refractivity contribution in [2.45, 2.75) is 50.2 Å². The zero-order valence-electron chi connectivity index (χ0n) is 8.26. The summed E-state index contributed by atoms with van der Waals surface area (Å²) in [7, 11) is 0. The molecule has 0 saturated heterocycles. The Bertz CT molecular complexity index is 119. The number of rotatable bonds is 2. The van der Waals surface area contributed by atoms with E-state index in [4.69, 9.17) is 0 Å². The van der Waals surface area contributed by atoms with Gasteiger partial charge in [0, 0.05) is 8.65 Å². The van der Waals surface area contributed by atoms with E-state index in [1.165, 1.54) is 0 Å². The second-order valence-electron chi connectivity index (χ2n) is 4.57.